The third-order valence-corrected chi connectivity index (χ3v) is 3.82. The number of carbonyl (C=O) groups is 1. The third kappa shape index (κ3) is 2.84. The van der Waals surface area contributed by atoms with Gasteiger partial charge in [-0.1, -0.05) is 54.6 Å². The largest absolute Gasteiger partial charge is 0.392 e. The van der Waals surface area contributed by atoms with Crippen molar-refractivity contribution in [2.45, 2.75) is 12.6 Å². The van der Waals surface area contributed by atoms with Crippen LogP contribution in [0.25, 0.3) is 11.1 Å². The van der Waals surface area contributed by atoms with E-state index in [1.807, 2.05) is 30.3 Å². The number of carbonyl (C=O) groups excluding carboxylic acids is 1. The number of ketones is 1. The molecular formula is C17H13F3O. The van der Waals surface area contributed by atoms with Gasteiger partial charge >= 0.3 is 6.18 Å². The lowest BCUT2D eigenvalue weighted by Crippen LogP contribution is -2.15. The predicted octanol–water partition coefficient (Wildman–Crippen LogP) is 4.73. The van der Waals surface area contributed by atoms with E-state index >= 15 is 0 Å². The molecule has 1 fully saturated rings. The van der Waals surface area contributed by atoms with Crippen LogP contribution in [0.1, 0.15) is 16.8 Å². The molecule has 0 bridgehead atoms. The van der Waals surface area contributed by atoms with E-state index in [9.17, 15) is 18.0 Å². The molecule has 0 aliphatic heterocycles. The summed E-state index contributed by atoms with van der Waals surface area (Å²) in [5.74, 6) is -2.76. The summed E-state index contributed by atoms with van der Waals surface area (Å²) in [6, 6.07) is 16.4. The molecule has 0 saturated heterocycles. The monoisotopic (exact) mass is 290 g/mol. The van der Waals surface area contributed by atoms with Gasteiger partial charge in [-0.05, 0) is 17.5 Å². The first-order valence-electron chi connectivity index (χ1n) is 6.73. The first-order valence-corrected chi connectivity index (χ1v) is 6.73. The third-order valence-electron chi connectivity index (χ3n) is 3.82. The highest BCUT2D eigenvalue weighted by Crippen LogP contribution is 2.51. The lowest BCUT2D eigenvalue weighted by Gasteiger charge is -2.06. The molecule has 0 heterocycles. The maximum atomic E-state index is 12.5. The summed E-state index contributed by atoms with van der Waals surface area (Å²) < 4.78 is 37.5. The first-order chi connectivity index (χ1) is 9.97. The van der Waals surface area contributed by atoms with E-state index in [2.05, 4.69) is 0 Å². The molecule has 3 rings (SSSR count). The zero-order chi connectivity index (χ0) is 15.0. The number of Topliss-reactive ketones (excluding diaryl/α,β-unsaturated/α-hetero) is 1. The zero-order valence-electron chi connectivity index (χ0n) is 11.1. The molecule has 4 heteroatoms. The van der Waals surface area contributed by atoms with E-state index in [0.29, 0.717) is 5.56 Å². The summed E-state index contributed by atoms with van der Waals surface area (Å²) in [6.07, 6.45) is -4.34. The molecule has 2 unspecified atom stereocenters. The number of alkyl halides is 3. The van der Waals surface area contributed by atoms with Crippen LogP contribution < -0.4 is 0 Å². The molecule has 1 aliphatic carbocycles. The summed E-state index contributed by atoms with van der Waals surface area (Å²) >= 11 is 0. The van der Waals surface area contributed by atoms with Crippen molar-refractivity contribution >= 4 is 5.78 Å². The topological polar surface area (TPSA) is 17.1 Å². The van der Waals surface area contributed by atoms with Crippen LogP contribution in [0.5, 0.6) is 0 Å². The predicted molar refractivity (Wildman–Crippen MR) is 73.9 cm³/mol. The number of benzene rings is 2. The van der Waals surface area contributed by atoms with Gasteiger partial charge in [0.15, 0.2) is 5.78 Å². The quantitative estimate of drug-likeness (QED) is 0.746. The van der Waals surface area contributed by atoms with Crippen molar-refractivity contribution in [3.05, 3.63) is 60.2 Å². The van der Waals surface area contributed by atoms with E-state index in [0.717, 1.165) is 11.1 Å². The Morgan fingerprint density at radius 3 is 2.00 bits per heavy atom. The van der Waals surface area contributed by atoms with Gasteiger partial charge in [-0.25, -0.2) is 0 Å². The normalized spacial score (nSPS) is 21.1. The Balaban J connectivity index is 1.75. The molecule has 0 N–H and O–H groups in total. The van der Waals surface area contributed by atoms with Crippen LogP contribution in [0.2, 0.25) is 0 Å². The number of hydrogen-bond acceptors (Lipinski definition) is 1. The Morgan fingerprint density at radius 1 is 0.905 bits per heavy atom. The molecule has 1 nitrogen and oxygen atoms in total. The molecule has 0 spiro atoms. The van der Waals surface area contributed by atoms with Gasteiger partial charge in [0.1, 0.15) is 0 Å². The Hall–Kier alpha value is -2.10. The second kappa shape index (κ2) is 5.02. The van der Waals surface area contributed by atoms with Crippen molar-refractivity contribution in [2.75, 3.05) is 0 Å². The van der Waals surface area contributed by atoms with Crippen LogP contribution in [0.15, 0.2) is 54.6 Å². The summed E-state index contributed by atoms with van der Waals surface area (Å²) in [7, 11) is 0. The minimum atomic E-state index is -4.26. The first kappa shape index (κ1) is 13.9. The van der Waals surface area contributed by atoms with Crippen molar-refractivity contribution in [3.63, 3.8) is 0 Å². The fourth-order valence-corrected chi connectivity index (χ4v) is 2.52. The van der Waals surface area contributed by atoms with E-state index < -0.39 is 23.8 Å². The van der Waals surface area contributed by atoms with E-state index in [4.69, 9.17) is 0 Å². The van der Waals surface area contributed by atoms with Crippen molar-refractivity contribution < 1.29 is 18.0 Å². The van der Waals surface area contributed by atoms with Gasteiger partial charge in [0.25, 0.3) is 0 Å². The Morgan fingerprint density at radius 2 is 1.48 bits per heavy atom. The molecule has 2 atom stereocenters. The minimum absolute atomic E-state index is 0.0806. The van der Waals surface area contributed by atoms with Crippen molar-refractivity contribution in [1.82, 2.24) is 0 Å². The highest BCUT2D eigenvalue weighted by Gasteiger charge is 2.58. The van der Waals surface area contributed by atoms with Gasteiger partial charge in [-0.3, -0.25) is 4.79 Å². The Bertz CT molecular complexity index is 644. The van der Waals surface area contributed by atoms with Crippen LogP contribution in [0.3, 0.4) is 0 Å². The molecule has 0 aromatic heterocycles. The molecule has 2 aromatic carbocycles. The highest BCUT2D eigenvalue weighted by molar-refractivity contribution is 6.00. The Kier molecular flexibility index (Phi) is 3.32. The fourth-order valence-electron chi connectivity index (χ4n) is 2.52. The van der Waals surface area contributed by atoms with Gasteiger partial charge in [0.05, 0.1) is 5.92 Å². The molecule has 2 aromatic rings. The highest BCUT2D eigenvalue weighted by atomic mass is 19.4. The van der Waals surface area contributed by atoms with Crippen LogP contribution >= 0.6 is 0 Å². The molecule has 0 amide bonds. The van der Waals surface area contributed by atoms with E-state index in [-0.39, 0.29) is 6.42 Å². The average Bonchev–Trinajstić information content (AvgIpc) is 3.28. The van der Waals surface area contributed by atoms with Gasteiger partial charge in [0, 0.05) is 11.5 Å². The molecule has 1 saturated carbocycles. The molecular weight excluding hydrogens is 277 g/mol. The SMILES string of the molecule is O=C(c1ccc(-c2ccccc2)cc1)C1CC1C(F)(F)F. The minimum Gasteiger partial charge on any atom is -0.294 e. The van der Waals surface area contributed by atoms with Gasteiger partial charge < -0.3 is 0 Å². The Labute approximate surface area is 120 Å². The standard InChI is InChI=1S/C17H13F3O/c18-17(19,20)15-10-14(15)16(21)13-8-6-12(7-9-13)11-4-2-1-3-5-11/h1-9,14-15H,10H2. The van der Waals surface area contributed by atoms with Crippen LogP contribution in [-0.4, -0.2) is 12.0 Å². The van der Waals surface area contributed by atoms with Gasteiger partial charge in [-0.2, -0.15) is 13.2 Å². The molecule has 21 heavy (non-hydrogen) atoms. The number of halogens is 3. The number of hydrogen-bond donors (Lipinski definition) is 0. The van der Waals surface area contributed by atoms with Gasteiger partial charge in [0.2, 0.25) is 0 Å². The van der Waals surface area contributed by atoms with Crippen molar-refractivity contribution in [2.24, 2.45) is 11.8 Å². The van der Waals surface area contributed by atoms with E-state index in [1.165, 1.54) is 0 Å². The summed E-state index contributed by atoms with van der Waals surface area (Å²) in [6.45, 7) is 0. The van der Waals surface area contributed by atoms with Gasteiger partial charge in [-0.15, -0.1) is 0 Å². The van der Waals surface area contributed by atoms with Crippen LogP contribution in [0.4, 0.5) is 13.2 Å². The van der Waals surface area contributed by atoms with Crippen LogP contribution in [-0.2, 0) is 0 Å². The smallest absolute Gasteiger partial charge is 0.294 e. The summed E-state index contributed by atoms with van der Waals surface area (Å²) in [5, 5.41) is 0. The molecule has 1 aliphatic rings. The second-order valence-corrected chi connectivity index (χ2v) is 5.30. The zero-order valence-corrected chi connectivity index (χ0v) is 11.1. The summed E-state index contributed by atoms with van der Waals surface area (Å²) in [5.41, 5.74) is 2.30. The maximum Gasteiger partial charge on any atom is 0.392 e. The molecule has 0 radical (unpaired) electrons. The fraction of sp³-hybridized carbons (Fsp3) is 0.235. The lowest BCUT2D eigenvalue weighted by molar-refractivity contribution is -0.149. The van der Waals surface area contributed by atoms with Crippen LogP contribution in [0, 0.1) is 11.8 Å². The lowest BCUT2D eigenvalue weighted by atomic mass is 10.0. The maximum absolute atomic E-state index is 12.5. The van der Waals surface area contributed by atoms with Crippen molar-refractivity contribution in [3.8, 4) is 11.1 Å². The number of rotatable bonds is 3. The van der Waals surface area contributed by atoms with Crippen molar-refractivity contribution in [1.29, 1.82) is 0 Å². The second-order valence-electron chi connectivity index (χ2n) is 5.30. The molecule has 108 valence electrons. The summed E-state index contributed by atoms with van der Waals surface area (Å²) in [4.78, 5) is 12.0. The average molecular weight is 290 g/mol. The van der Waals surface area contributed by atoms with E-state index in [1.54, 1.807) is 24.3 Å².